The van der Waals surface area contributed by atoms with E-state index >= 15 is 0 Å². The fourth-order valence-corrected chi connectivity index (χ4v) is 2.66. The second-order valence-electron chi connectivity index (χ2n) is 2.61. The normalized spacial score (nSPS) is 12.0. The topological polar surface area (TPSA) is 22.1 Å². The smallest absolute Gasteiger partial charge is 0.243 e. The Morgan fingerprint density at radius 2 is 2.38 bits per heavy atom. The highest BCUT2D eigenvalue weighted by Gasteiger charge is 2.10. The molecule has 13 heavy (non-hydrogen) atoms. The van der Waals surface area contributed by atoms with E-state index in [9.17, 15) is 0 Å². The molecule has 1 atom stereocenters. The summed E-state index contributed by atoms with van der Waals surface area (Å²) in [5, 5.41) is 0. The van der Waals surface area contributed by atoms with Gasteiger partial charge in [-0.1, -0.05) is 0 Å². The van der Waals surface area contributed by atoms with E-state index < -0.39 is 0 Å². The zero-order valence-electron chi connectivity index (χ0n) is 7.23. The van der Waals surface area contributed by atoms with Crippen LogP contribution in [0.5, 0.6) is 5.75 Å². The predicted molar refractivity (Wildman–Crippen MR) is 59.8 cm³/mol. The SMILES string of the molecule is CCOc1ccc2c(c1)nc[s+]2S. The largest absolute Gasteiger partial charge is 0.494 e. The Morgan fingerprint density at radius 3 is 3.15 bits per heavy atom. The van der Waals surface area contributed by atoms with E-state index in [0.29, 0.717) is 6.61 Å². The molecular weight excluding hydrogens is 202 g/mol. The van der Waals surface area contributed by atoms with Crippen LogP contribution in [0.3, 0.4) is 0 Å². The molecule has 2 nitrogen and oxygen atoms in total. The first-order valence-corrected chi connectivity index (χ1v) is 6.38. The first-order chi connectivity index (χ1) is 6.31. The molecule has 68 valence electrons. The molecule has 0 aliphatic heterocycles. The molecule has 0 fully saturated rings. The lowest BCUT2D eigenvalue weighted by Gasteiger charge is -1.99. The van der Waals surface area contributed by atoms with E-state index in [1.54, 1.807) is 0 Å². The Bertz CT molecular complexity index is 424. The number of benzene rings is 1. The molecule has 2 aromatic rings. The summed E-state index contributed by atoms with van der Waals surface area (Å²) in [5.74, 6) is 0.880. The number of ether oxygens (including phenoxy) is 1. The van der Waals surface area contributed by atoms with Crippen molar-refractivity contribution in [2.45, 2.75) is 6.92 Å². The molecule has 0 N–H and O–H groups in total. The average molecular weight is 212 g/mol. The van der Waals surface area contributed by atoms with Gasteiger partial charge in [-0.3, -0.25) is 0 Å². The third-order valence-corrected chi connectivity index (χ3v) is 3.73. The van der Waals surface area contributed by atoms with Gasteiger partial charge in [0.1, 0.15) is 22.9 Å². The molecule has 1 aromatic heterocycles. The summed E-state index contributed by atoms with van der Waals surface area (Å²) in [4.78, 5) is 4.25. The average Bonchev–Trinajstić information content (AvgIpc) is 2.48. The van der Waals surface area contributed by atoms with Gasteiger partial charge < -0.3 is 4.74 Å². The molecule has 0 saturated heterocycles. The van der Waals surface area contributed by atoms with Crippen molar-refractivity contribution in [3.63, 3.8) is 0 Å². The zero-order chi connectivity index (χ0) is 9.26. The highest BCUT2D eigenvalue weighted by molar-refractivity contribution is 8.34. The highest BCUT2D eigenvalue weighted by Crippen LogP contribution is 2.33. The van der Waals surface area contributed by atoms with Gasteiger partial charge in [0.15, 0.2) is 0 Å². The molecule has 1 unspecified atom stereocenters. The fraction of sp³-hybridized carbons (Fsp3) is 0.222. The van der Waals surface area contributed by atoms with Gasteiger partial charge in [-0.15, -0.1) is 0 Å². The second kappa shape index (κ2) is 3.55. The number of thiazole rings is 1. The molecule has 0 aliphatic rings. The minimum Gasteiger partial charge on any atom is -0.494 e. The van der Waals surface area contributed by atoms with Gasteiger partial charge in [0, 0.05) is 12.1 Å². The Balaban J connectivity index is 2.50. The van der Waals surface area contributed by atoms with Crippen molar-refractivity contribution in [3.05, 3.63) is 23.7 Å². The van der Waals surface area contributed by atoms with E-state index in [1.165, 1.54) is 4.70 Å². The minimum absolute atomic E-state index is 0.113. The number of nitrogens with zero attached hydrogens (tertiary/aromatic N) is 1. The highest BCUT2D eigenvalue weighted by atomic mass is 33.1. The van der Waals surface area contributed by atoms with Crippen molar-refractivity contribution in [3.8, 4) is 5.75 Å². The maximum atomic E-state index is 5.37. The van der Waals surface area contributed by atoms with Gasteiger partial charge in [0.25, 0.3) is 0 Å². The maximum Gasteiger partial charge on any atom is 0.243 e. The first-order valence-electron chi connectivity index (χ1n) is 4.04. The van der Waals surface area contributed by atoms with Crippen LogP contribution in [0.25, 0.3) is 10.2 Å². The third-order valence-electron chi connectivity index (χ3n) is 1.76. The molecule has 4 heteroatoms. The van der Waals surface area contributed by atoms with Crippen molar-refractivity contribution in [2.75, 3.05) is 6.61 Å². The molecule has 0 amide bonds. The summed E-state index contributed by atoms with van der Waals surface area (Å²) < 4.78 is 6.56. The summed E-state index contributed by atoms with van der Waals surface area (Å²) in [6.07, 6.45) is 0. The van der Waals surface area contributed by atoms with Crippen molar-refractivity contribution in [1.29, 1.82) is 0 Å². The first kappa shape index (κ1) is 8.84. The molecule has 0 saturated carbocycles. The Morgan fingerprint density at radius 1 is 1.54 bits per heavy atom. The fourth-order valence-electron chi connectivity index (χ4n) is 1.19. The van der Waals surface area contributed by atoms with Crippen LogP contribution in [-0.4, -0.2) is 11.6 Å². The monoisotopic (exact) mass is 212 g/mol. The van der Waals surface area contributed by atoms with Crippen LogP contribution < -0.4 is 4.74 Å². The summed E-state index contributed by atoms with van der Waals surface area (Å²) in [6, 6.07) is 5.95. The van der Waals surface area contributed by atoms with E-state index in [1.807, 2.05) is 30.6 Å². The van der Waals surface area contributed by atoms with Crippen LogP contribution in [0.1, 0.15) is 6.92 Å². The van der Waals surface area contributed by atoms with Gasteiger partial charge in [-0.25, -0.2) is 0 Å². The zero-order valence-corrected chi connectivity index (χ0v) is 8.94. The Hall–Kier alpha value is -0.740. The summed E-state index contributed by atoms with van der Waals surface area (Å²) in [7, 11) is -0.113. The number of fused-ring (bicyclic) bond motifs is 1. The van der Waals surface area contributed by atoms with Crippen LogP contribution >= 0.6 is 21.2 Å². The Kier molecular flexibility index (Phi) is 2.42. The molecule has 0 radical (unpaired) electrons. The number of thiol groups is 1. The third kappa shape index (κ3) is 1.64. The molecule has 2 rings (SSSR count). The summed E-state index contributed by atoms with van der Waals surface area (Å²) in [5.41, 5.74) is 2.85. The lowest BCUT2D eigenvalue weighted by atomic mass is 10.3. The predicted octanol–water partition coefficient (Wildman–Crippen LogP) is 3.08. The van der Waals surface area contributed by atoms with Gasteiger partial charge in [0.05, 0.1) is 16.1 Å². The molecule has 1 heterocycles. The van der Waals surface area contributed by atoms with E-state index in [4.69, 9.17) is 4.74 Å². The van der Waals surface area contributed by atoms with Crippen molar-refractivity contribution in [1.82, 2.24) is 4.98 Å². The lowest BCUT2D eigenvalue weighted by molar-refractivity contribution is 0.340. The number of hydrogen-bond acceptors (Lipinski definition) is 3. The van der Waals surface area contributed by atoms with Crippen molar-refractivity contribution in [2.24, 2.45) is 0 Å². The van der Waals surface area contributed by atoms with Crippen LogP contribution in [0.15, 0.2) is 23.7 Å². The minimum atomic E-state index is -0.113. The Labute approximate surface area is 84.3 Å². The number of hydrogen-bond donors (Lipinski definition) is 1. The van der Waals surface area contributed by atoms with Crippen molar-refractivity contribution >= 4 is 31.4 Å². The molecule has 0 spiro atoms. The van der Waals surface area contributed by atoms with E-state index in [-0.39, 0.29) is 9.50 Å². The lowest BCUT2D eigenvalue weighted by Crippen LogP contribution is -1.90. The van der Waals surface area contributed by atoms with Crippen LogP contribution in [0.4, 0.5) is 0 Å². The van der Waals surface area contributed by atoms with E-state index in [2.05, 4.69) is 16.6 Å². The van der Waals surface area contributed by atoms with Gasteiger partial charge >= 0.3 is 0 Å². The van der Waals surface area contributed by atoms with Gasteiger partial charge in [0.2, 0.25) is 10.2 Å². The summed E-state index contributed by atoms with van der Waals surface area (Å²) >= 11 is 4.40. The van der Waals surface area contributed by atoms with Crippen molar-refractivity contribution < 1.29 is 4.74 Å². The van der Waals surface area contributed by atoms with Gasteiger partial charge in [-0.2, -0.15) is 4.98 Å². The number of rotatable bonds is 2. The maximum absolute atomic E-state index is 5.37. The molecular formula is C9H10NOS2+. The standard InChI is InChI=1S/C9H10NOS2/c1-2-11-7-3-4-9-8(5-7)10-6-13(9)12/h3-6,12H,2H2,1H3/q+1. The van der Waals surface area contributed by atoms with Crippen LogP contribution in [0, 0.1) is 0 Å². The van der Waals surface area contributed by atoms with Gasteiger partial charge in [-0.05, 0) is 13.0 Å². The second-order valence-corrected chi connectivity index (χ2v) is 5.07. The molecule has 0 bridgehead atoms. The quantitative estimate of drug-likeness (QED) is 0.469. The number of aromatic nitrogens is 1. The van der Waals surface area contributed by atoms with E-state index in [0.717, 1.165) is 11.3 Å². The molecule has 1 aromatic carbocycles. The summed E-state index contributed by atoms with van der Waals surface area (Å²) in [6.45, 7) is 2.66. The molecule has 0 aliphatic carbocycles. The van der Waals surface area contributed by atoms with Crippen LogP contribution in [0.2, 0.25) is 0 Å². The van der Waals surface area contributed by atoms with Crippen LogP contribution in [-0.2, 0) is 0 Å².